The molecule has 0 saturated heterocycles. The van der Waals surface area contributed by atoms with E-state index in [4.69, 9.17) is 10.5 Å². The van der Waals surface area contributed by atoms with E-state index in [0.29, 0.717) is 11.4 Å². The number of ether oxygens (including phenoxy) is 1. The van der Waals surface area contributed by atoms with Crippen LogP contribution in [0.2, 0.25) is 0 Å². The highest BCUT2D eigenvalue weighted by molar-refractivity contribution is 9.10. The molecule has 0 aromatic carbocycles. The molecule has 0 amide bonds. The number of nitrogen functional groups attached to an aromatic ring is 1. The van der Waals surface area contributed by atoms with Gasteiger partial charge in [0.1, 0.15) is 12.3 Å². The average Bonchev–Trinajstić information content (AvgIpc) is 2.87. The zero-order chi connectivity index (χ0) is 14.9. The fraction of sp³-hybridized carbons (Fsp3) is 0.385. The molecule has 20 heavy (non-hydrogen) atoms. The fourth-order valence-electron chi connectivity index (χ4n) is 1.98. The summed E-state index contributed by atoms with van der Waals surface area (Å²) in [6.45, 7) is 2.18. The lowest BCUT2D eigenvalue weighted by Gasteiger charge is -2.06. The summed E-state index contributed by atoms with van der Waals surface area (Å²) >= 11 is 3.49. The molecular weight excluding hydrogens is 324 g/mol. The van der Waals surface area contributed by atoms with E-state index in [1.54, 1.807) is 28.6 Å². The van der Waals surface area contributed by atoms with Gasteiger partial charge in [-0.2, -0.15) is 5.10 Å². The minimum Gasteiger partial charge on any atom is -0.454 e. The van der Waals surface area contributed by atoms with E-state index in [1.165, 1.54) is 0 Å². The first-order valence-electron chi connectivity index (χ1n) is 6.23. The Morgan fingerprint density at radius 2 is 2.20 bits per heavy atom. The number of nitrogens with zero attached hydrogens (tertiary/aromatic N) is 3. The van der Waals surface area contributed by atoms with E-state index in [2.05, 4.69) is 21.0 Å². The topological polar surface area (TPSA) is 75.1 Å². The number of aromatic nitrogens is 3. The summed E-state index contributed by atoms with van der Waals surface area (Å²) < 4.78 is 9.58. The van der Waals surface area contributed by atoms with Crippen LogP contribution in [0.15, 0.2) is 16.7 Å². The summed E-state index contributed by atoms with van der Waals surface area (Å²) in [5.41, 5.74) is 8.38. The number of esters is 1. The Bertz CT molecular complexity index is 645. The van der Waals surface area contributed by atoms with Gasteiger partial charge in [0, 0.05) is 20.3 Å². The molecule has 2 aromatic heterocycles. The Kier molecular flexibility index (Phi) is 4.17. The van der Waals surface area contributed by atoms with E-state index in [1.807, 2.05) is 14.0 Å². The van der Waals surface area contributed by atoms with Gasteiger partial charge in [0.25, 0.3) is 0 Å². The van der Waals surface area contributed by atoms with Crippen molar-refractivity contribution < 1.29 is 9.53 Å². The SMILES string of the molecule is CCc1nn(C)c(COC(=O)c2cc(N)cn2C)c1Br. The highest BCUT2D eigenvalue weighted by Gasteiger charge is 2.17. The maximum atomic E-state index is 12.0. The van der Waals surface area contributed by atoms with Gasteiger partial charge in [-0.25, -0.2) is 4.79 Å². The molecule has 0 aliphatic carbocycles. The summed E-state index contributed by atoms with van der Waals surface area (Å²) in [6, 6.07) is 1.60. The number of rotatable bonds is 4. The first-order valence-corrected chi connectivity index (χ1v) is 7.02. The van der Waals surface area contributed by atoms with Crippen LogP contribution < -0.4 is 5.73 Å². The third kappa shape index (κ3) is 2.72. The van der Waals surface area contributed by atoms with Crippen molar-refractivity contribution in [3.05, 3.63) is 33.8 Å². The van der Waals surface area contributed by atoms with Crippen LogP contribution in [0.4, 0.5) is 5.69 Å². The molecule has 108 valence electrons. The summed E-state index contributed by atoms with van der Waals surface area (Å²) in [4.78, 5) is 12.0. The van der Waals surface area contributed by atoms with Gasteiger partial charge in [0.2, 0.25) is 0 Å². The third-order valence-corrected chi connectivity index (χ3v) is 3.99. The number of hydrogen-bond acceptors (Lipinski definition) is 4. The van der Waals surface area contributed by atoms with Gasteiger partial charge in [-0.15, -0.1) is 0 Å². The quantitative estimate of drug-likeness (QED) is 0.864. The summed E-state index contributed by atoms with van der Waals surface area (Å²) in [5.74, 6) is -0.407. The molecule has 6 nitrogen and oxygen atoms in total. The average molecular weight is 341 g/mol. The van der Waals surface area contributed by atoms with Crippen molar-refractivity contribution in [2.75, 3.05) is 5.73 Å². The van der Waals surface area contributed by atoms with Gasteiger partial charge in [-0.05, 0) is 28.4 Å². The van der Waals surface area contributed by atoms with E-state index < -0.39 is 5.97 Å². The Morgan fingerprint density at radius 3 is 2.70 bits per heavy atom. The van der Waals surface area contributed by atoms with Gasteiger partial charge in [-0.3, -0.25) is 4.68 Å². The van der Waals surface area contributed by atoms with Crippen LogP contribution in [0.25, 0.3) is 0 Å². The van der Waals surface area contributed by atoms with Crippen molar-refractivity contribution >= 4 is 27.6 Å². The normalized spacial score (nSPS) is 10.8. The van der Waals surface area contributed by atoms with Crippen LogP contribution in [0.5, 0.6) is 0 Å². The lowest BCUT2D eigenvalue weighted by atomic mass is 10.3. The second kappa shape index (κ2) is 5.70. The monoisotopic (exact) mass is 340 g/mol. The summed E-state index contributed by atoms with van der Waals surface area (Å²) in [6.07, 6.45) is 2.49. The van der Waals surface area contributed by atoms with Crippen LogP contribution in [-0.2, 0) is 31.9 Å². The minimum absolute atomic E-state index is 0.161. The highest BCUT2D eigenvalue weighted by Crippen LogP contribution is 2.22. The van der Waals surface area contributed by atoms with Crippen molar-refractivity contribution in [2.45, 2.75) is 20.0 Å². The predicted molar refractivity (Wildman–Crippen MR) is 79.2 cm³/mol. The van der Waals surface area contributed by atoms with Gasteiger partial charge in [0.05, 0.1) is 21.5 Å². The third-order valence-electron chi connectivity index (χ3n) is 3.08. The lowest BCUT2D eigenvalue weighted by molar-refractivity contribution is 0.0451. The van der Waals surface area contributed by atoms with Crippen LogP contribution in [0, 0.1) is 0 Å². The van der Waals surface area contributed by atoms with Gasteiger partial charge in [0.15, 0.2) is 0 Å². The molecule has 0 radical (unpaired) electrons. The van der Waals surface area contributed by atoms with E-state index in [9.17, 15) is 4.79 Å². The standard InChI is InChI=1S/C13H17BrN4O2/c1-4-9-12(14)11(18(3)16-9)7-20-13(19)10-5-8(15)6-17(10)2/h5-6H,4,7,15H2,1-3H3. The van der Waals surface area contributed by atoms with Gasteiger partial charge >= 0.3 is 5.97 Å². The summed E-state index contributed by atoms with van der Waals surface area (Å²) in [7, 11) is 3.58. The van der Waals surface area contributed by atoms with Gasteiger partial charge < -0.3 is 15.0 Å². The molecule has 0 atom stereocenters. The molecule has 0 fully saturated rings. The molecular formula is C13H17BrN4O2. The zero-order valence-corrected chi connectivity index (χ0v) is 13.3. The van der Waals surface area contributed by atoms with Crippen LogP contribution >= 0.6 is 15.9 Å². The molecule has 0 bridgehead atoms. The molecule has 7 heteroatoms. The van der Waals surface area contributed by atoms with E-state index in [-0.39, 0.29) is 6.61 Å². The minimum atomic E-state index is -0.407. The fourth-order valence-corrected chi connectivity index (χ4v) is 2.71. The maximum Gasteiger partial charge on any atom is 0.355 e. The number of hydrogen-bond donors (Lipinski definition) is 1. The zero-order valence-electron chi connectivity index (χ0n) is 11.7. The molecule has 2 rings (SSSR count). The molecule has 2 aromatic rings. The van der Waals surface area contributed by atoms with Crippen molar-refractivity contribution in [1.82, 2.24) is 14.3 Å². The Labute approximate surface area is 125 Å². The number of carbonyl (C=O) groups is 1. The number of anilines is 1. The molecule has 0 aliphatic rings. The van der Waals surface area contributed by atoms with Crippen LogP contribution in [0.3, 0.4) is 0 Å². The molecule has 0 spiro atoms. The second-order valence-electron chi connectivity index (χ2n) is 4.53. The first-order chi connectivity index (χ1) is 9.43. The Hall–Kier alpha value is -1.76. The maximum absolute atomic E-state index is 12.0. The second-order valence-corrected chi connectivity index (χ2v) is 5.32. The highest BCUT2D eigenvalue weighted by atomic mass is 79.9. The van der Waals surface area contributed by atoms with Crippen molar-refractivity contribution in [1.29, 1.82) is 0 Å². The van der Waals surface area contributed by atoms with Crippen LogP contribution in [-0.4, -0.2) is 20.3 Å². The molecule has 0 saturated carbocycles. The Balaban J connectivity index is 2.11. The molecule has 2 N–H and O–H groups in total. The van der Waals surface area contributed by atoms with E-state index in [0.717, 1.165) is 22.3 Å². The smallest absolute Gasteiger partial charge is 0.355 e. The van der Waals surface area contributed by atoms with Crippen molar-refractivity contribution in [3.63, 3.8) is 0 Å². The molecule has 0 aliphatic heterocycles. The summed E-state index contributed by atoms with van der Waals surface area (Å²) in [5, 5.41) is 4.35. The molecule has 0 unspecified atom stereocenters. The van der Waals surface area contributed by atoms with E-state index >= 15 is 0 Å². The largest absolute Gasteiger partial charge is 0.454 e. The molecule has 2 heterocycles. The first kappa shape index (κ1) is 14.6. The van der Waals surface area contributed by atoms with Crippen LogP contribution in [0.1, 0.15) is 28.8 Å². The number of nitrogens with two attached hydrogens (primary N) is 1. The number of carbonyl (C=O) groups excluding carboxylic acids is 1. The van der Waals surface area contributed by atoms with Gasteiger partial charge in [-0.1, -0.05) is 6.92 Å². The Morgan fingerprint density at radius 1 is 1.50 bits per heavy atom. The number of aryl methyl sites for hydroxylation is 3. The van der Waals surface area contributed by atoms with Crippen molar-refractivity contribution in [2.24, 2.45) is 14.1 Å². The van der Waals surface area contributed by atoms with Crippen molar-refractivity contribution in [3.8, 4) is 0 Å². The lowest BCUT2D eigenvalue weighted by Crippen LogP contribution is -2.11. The predicted octanol–water partition coefficient (Wildman–Crippen LogP) is 2.02. The number of halogens is 1.